The second kappa shape index (κ2) is 9.63. The van der Waals surface area contributed by atoms with Crippen molar-refractivity contribution in [2.24, 2.45) is 11.7 Å². The van der Waals surface area contributed by atoms with E-state index in [2.05, 4.69) is 23.0 Å². The first-order valence-electron chi connectivity index (χ1n) is 11.5. The van der Waals surface area contributed by atoms with Gasteiger partial charge in [-0.2, -0.15) is 0 Å². The Morgan fingerprint density at radius 2 is 1.81 bits per heavy atom. The molecular weight excluding hydrogens is 405 g/mol. The summed E-state index contributed by atoms with van der Waals surface area (Å²) in [6.07, 6.45) is 12.1. The van der Waals surface area contributed by atoms with Gasteiger partial charge in [0, 0.05) is 18.5 Å². The minimum Gasteiger partial charge on any atom is -0.364 e. The summed E-state index contributed by atoms with van der Waals surface area (Å²) in [5.41, 5.74) is 8.19. The molecule has 0 saturated heterocycles. The zero-order chi connectivity index (χ0) is 22.7. The molecule has 2 aliphatic rings. The number of nitrogens with zero attached hydrogens (tertiary/aromatic N) is 1. The van der Waals surface area contributed by atoms with Crippen LogP contribution in [0.2, 0.25) is 0 Å². The lowest BCUT2D eigenvalue weighted by Crippen LogP contribution is -2.17. The molecule has 2 aliphatic carbocycles. The van der Waals surface area contributed by atoms with Crippen molar-refractivity contribution < 1.29 is 9.18 Å². The average Bonchev–Trinajstić information content (AvgIpc) is 2.73. The number of benzene rings is 1. The third kappa shape index (κ3) is 4.74. The summed E-state index contributed by atoms with van der Waals surface area (Å²) < 4.78 is 13.5. The Kier molecular flexibility index (Phi) is 6.68. The number of pyridine rings is 2. The van der Waals surface area contributed by atoms with Crippen molar-refractivity contribution in [1.29, 1.82) is 0 Å². The van der Waals surface area contributed by atoms with E-state index >= 15 is 0 Å². The van der Waals surface area contributed by atoms with E-state index in [0.29, 0.717) is 17.4 Å². The first-order valence-corrected chi connectivity index (χ1v) is 11.5. The molecular formula is C26H30FN3O2. The number of halogens is 1. The van der Waals surface area contributed by atoms with Gasteiger partial charge in [-0.3, -0.25) is 14.6 Å². The van der Waals surface area contributed by atoms with Crippen LogP contribution in [0.3, 0.4) is 0 Å². The highest BCUT2D eigenvalue weighted by molar-refractivity contribution is 6.03. The van der Waals surface area contributed by atoms with Crippen LogP contribution in [-0.2, 0) is 0 Å². The smallest absolute Gasteiger partial charge is 0.268 e. The molecule has 2 fully saturated rings. The van der Waals surface area contributed by atoms with Gasteiger partial charge in [-0.1, -0.05) is 32.3 Å². The van der Waals surface area contributed by atoms with E-state index < -0.39 is 5.91 Å². The van der Waals surface area contributed by atoms with Gasteiger partial charge in [-0.05, 0) is 72.8 Å². The molecule has 32 heavy (non-hydrogen) atoms. The molecule has 5 rings (SSSR count). The lowest BCUT2D eigenvalue weighted by molar-refractivity contribution is 0.0997. The van der Waals surface area contributed by atoms with Crippen LogP contribution in [0.25, 0.3) is 10.9 Å². The monoisotopic (exact) mass is 435 g/mol. The molecule has 1 amide bonds. The highest BCUT2D eigenvalue weighted by Crippen LogP contribution is 2.44. The summed E-state index contributed by atoms with van der Waals surface area (Å²) >= 11 is 0. The number of amides is 1. The number of nitrogens with two attached hydrogens (primary N) is 1. The Balaban J connectivity index is 0.000000158. The van der Waals surface area contributed by atoms with Crippen LogP contribution >= 0.6 is 0 Å². The number of fused-ring (bicyclic) bond motifs is 1. The van der Waals surface area contributed by atoms with Crippen molar-refractivity contribution in [2.45, 2.75) is 63.7 Å². The van der Waals surface area contributed by atoms with Gasteiger partial charge in [0.25, 0.3) is 5.91 Å². The number of rotatable bonds is 3. The summed E-state index contributed by atoms with van der Waals surface area (Å²) in [5.74, 6) is 1.41. The SMILES string of the molecule is C[C@H]1CCC[C@@H](c2ccc(F)cc2C2CCC2)C1.NC(=O)c1nccc2[nH]ccc(=O)c12. The third-order valence-corrected chi connectivity index (χ3v) is 6.87. The predicted octanol–water partition coefficient (Wildman–Crippen LogP) is 5.41. The van der Waals surface area contributed by atoms with Gasteiger partial charge in [0.15, 0.2) is 5.43 Å². The van der Waals surface area contributed by atoms with E-state index in [4.69, 9.17) is 5.73 Å². The van der Waals surface area contributed by atoms with Gasteiger partial charge in [-0.25, -0.2) is 4.39 Å². The zero-order valence-electron chi connectivity index (χ0n) is 18.4. The minimum absolute atomic E-state index is 0.00403. The van der Waals surface area contributed by atoms with Gasteiger partial charge < -0.3 is 10.7 Å². The Bertz CT molecular complexity index is 1160. The number of primary amides is 1. The van der Waals surface area contributed by atoms with Crippen LogP contribution in [0.4, 0.5) is 4.39 Å². The molecule has 0 aliphatic heterocycles. The fraction of sp³-hybridized carbons (Fsp3) is 0.423. The molecule has 0 bridgehead atoms. The molecule has 168 valence electrons. The first kappa shape index (κ1) is 22.2. The summed E-state index contributed by atoms with van der Waals surface area (Å²) in [6.45, 7) is 2.36. The molecule has 2 heterocycles. The van der Waals surface area contributed by atoms with E-state index in [9.17, 15) is 14.0 Å². The number of nitrogens with one attached hydrogen (secondary N) is 1. The van der Waals surface area contributed by atoms with Crippen molar-refractivity contribution >= 4 is 16.8 Å². The Morgan fingerprint density at radius 3 is 2.50 bits per heavy atom. The molecule has 1 aromatic carbocycles. The Labute approximate surface area is 187 Å². The van der Waals surface area contributed by atoms with E-state index in [-0.39, 0.29) is 22.3 Å². The maximum Gasteiger partial charge on any atom is 0.268 e. The highest BCUT2D eigenvalue weighted by atomic mass is 19.1. The van der Waals surface area contributed by atoms with E-state index in [0.717, 1.165) is 5.92 Å². The number of aromatic nitrogens is 2. The molecule has 3 N–H and O–H groups in total. The number of aromatic amines is 1. The van der Waals surface area contributed by atoms with Crippen LogP contribution in [0.5, 0.6) is 0 Å². The number of hydrogen-bond donors (Lipinski definition) is 2. The number of carbonyl (C=O) groups excluding carboxylic acids is 1. The number of H-pyrrole nitrogens is 1. The van der Waals surface area contributed by atoms with Crippen LogP contribution in [0, 0.1) is 11.7 Å². The predicted molar refractivity (Wildman–Crippen MR) is 124 cm³/mol. The van der Waals surface area contributed by atoms with Crippen molar-refractivity contribution in [3.8, 4) is 0 Å². The maximum absolute atomic E-state index is 13.5. The van der Waals surface area contributed by atoms with Gasteiger partial charge in [0.05, 0.1) is 10.9 Å². The minimum atomic E-state index is -0.702. The fourth-order valence-electron chi connectivity index (χ4n) is 5.02. The van der Waals surface area contributed by atoms with E-state index in [1.54, 1.807) is 12.1 Å². The Hall–Kier alpha value is -3.02. The van der Waals surface area contributed by atoms with Crippen LogP contribution in [0.15, 0.2) is 47.5 Å². The standard InChI is InChI=1S/C17H23F.C9H7N3O2/c1-12-4-2-7-14(10-12)16-9-8-15(18)11-17(16)13-5-3-6-13;10-9(14)8-7-5(1-3-12-8)11-4-2-6(7)13/h8-9,11-14H,2-7,10H2,1H3;1-4H,(H2,10,14)(H,11,13)/t12-,14+;/m0./s1. The van der Waals surface area contributed by atoms with Crippen molar-refractivity contribution in [3.05, 3.63) is 75.6 Å². The largest absolute Gasteiger partial charge is 0.364 e. The normalized spacial score (nSPS) is 20.8. The van der Waals surface area contributed by atoms with Crippen molar-refractivity contribution in [3.63, 3.8) is 0 Å². The van der Waals surface area contributed by atoms with Gasteiger partial charge in [0.1, 0.15) is 11.5 Å². The molecule has 2 aromatic heterocycles. The molecule has 5 nitrogen and oxygen atoms in total. The summed E-state index contributed by atoms with van der Waals surface area (Å²) in [4.78, 5) is 29.0. The molecule has 0 spiro atoms. The number of carbonyl (C=O) groups is 1. The summed E-state index contributed by atoms with van der Waals surface area (Å²) in [5, 5.41) is 0.238. The van der Waals surface area contributed by atoms with Crippen molar-refractivity contribution in [1.82, 2.24) is 9.97 Å². The van der Waals surface area contributed by atoms with Gasteiger partial charge in [0.2, 0.25) is 0 Å². The quantitative estimate of drug-likeness (QED) is 0.576. The Morgan fingerprint density at radius 1 is 1.06 bits per heavy atom. The second-order valence-electron chi connectivity index (χ2n) is 9.16. The fourth-order valence-corrected chi connectivity index (χ4v) is 5.02. The average molecular weight is 436 g/mol. The molecule has 3 aromatic rings. The zero-order valence-corrected chi connectivity index (χ0v) is 18.4. The van der Waals surface area contributed by atoms with E-state index in [1.165, 1.54) is 74.5 Å². The lowest BCUT2D eigenvalue weighted by Gasteiger charge is -2.33. The van der Waals surface area contributed by atoms with E-state index in [1.807, 2.05) is 6.07 Å². The molecule has 6 heteroatoms. The maximum atomic E-state index is 13.5. The molecule has 0 radical (unpaired) electrons. The lowest BCUT2D eigenvalue weighted by atomic mass is 9.72. The summed E-state index contributed by atoms with van der Waals surface area (Å²) in [6, 6.07) is 8.50. The topological polar surface area (TPSA) is 88.8 Å². The van der Waals surface area contributed by atoms with Crippen molar-refractivity contribution in [2.75, 3.05) is 0 Å². The number of hydrogen-bond acceptors (Lipinski definition) is 3. The third-order valence-electron chi connectivity index (χ3n) is 6.87. The first-order chi connectivity index (χ1) is 15.4. The molecule has 2 atom stereocenters. The van der Waals surface area contributed by atoms with Crippen LogP contribution < -0.4 is 11.2 Å². The van der Waals surface area contributed by atoms with Crippen LogP contribution in [0.1, 0.15) is 85.3 Å². The summed E-state index contributed by atoms with van der Waals surface area (Å²) in [7, 11) is 0. The highest BCUT2D eigenvalue weighted by Gasteiger charge is 2.28. The second-order valence-corrected chi connectivity index (χ2v) is 9.16. The molecule has 2 saturated carbocycles. The van der Waals surface area contributed by atoms with Crippen LogP contribution in [-0.4, -0.2) is 15.9 Å². The van der Waals surface area contributed by atoms with Gasteiger partial charge >= 0.3 is 0 Å². The molecule has 0 unspecified atom stereocenters. The van der Waals surface area contributed by atoms with Gasteiger partial charge in [-0.15, -0.1) is 0 Å².